The summed E-state index contributed by atoms with van der Waals surface area (Å²) < 4.78 is 5.76. The monoisotopic (exact) mass is 281 g/mol. The minimum Gasteiger partial charge on any atom is -0.456 e. The fraction of sp³-hybridized carbons (Fsp3) is 0.143. The molecule has 0 aliphatic carbocycles. The van der Waals surface area contributed by atoms with Crippen LogP contribution in [0.5, 0.6) is 11.5 Å². The number of ether oxygens (including phenoxy) is 1. The minimum atomic E-state index is 0.491. The van der Waals surface area contributed by atoms with Crippen molar-refractivity contribution in [1.82, 2.24) is 0 Å². The highest BCUT2D eigenvalue weighted by Gasteiger charge is 2.06. The smallest absolute Gasteiger partial charge is 0.146 e. The zero-order valence-corrected chi connectivity index (χ0v) is 11.4. The summed E-state index contributed by atoms with van der Waals surface area (Å²) in [6.45, 7) is 2.49. The summed E-state index contributed by atoms with van der Waals surface area (Å²) in [5, 5.41) is 1.08. The topological polar surface area (TPSA) is 35.2 Å². The number of rotatable bonds is 3. The number of hydrogen-bond acceptors (Lipinski definition) is 2. The van der Waals surface area contributed by atoms with Gasteiger partial charge in [0.1, 0.15) is 11.5 Å². The Kier molecular flexibility index (Phi) is 4.12. The molecule has 0 unspecified atom stereocenters. The molecule has 0 saturated heterocycles. The average molecular weight is 282 g/mol. The molecule has 0 spiro atoms. The Morgan fingerprint density at radius 3 is 2.39 bits per heavy atom. The van der Waals surface area contributed by atoms with E-state index in [4.69, 9.17) is 33.7 Å². The van der Waals surface area contributed by atoms with Crippen LogP contribution in [0.1, 0.15) is 11.1 Å². The van der Waals surface area contributed by atoms with Gasteiger partial charge in [0.2, 0.25) is 0 Å². The second-order valence-corrected chi connectivity index (χ2v) is 4.82. The Balaban J connectivity index is 2.28. The summed E-state index contributed by atoms with van der Waals surface area (Å²) in [7, 11) is 0. The molecule has 2 aromatic rings. The van der Waals surface area contributed by atoms with Gasteiger partial charge in [0.15, 0.2) is 0 Å². The van der Waals surface area contributed by atoms with Gasteiger partial charge in [0, 0.05) is 11.6 Å². The molecule has 2 rings (SSSR count). The number of benzene rings is 2. The lowest BCUT2D eigenvalue weighted by Crippen LogP contribution is -1.97. The van der Waals surface area contributed by atoms with E-state index >= 15 is 0 Å². The van der Waals surface area contributed by atoms with Crippen molar-refractivity contribution in [1.29, 1.82) is 0 Å². The maximum atomic E-state index is 6.06. The Labute approximate surface area is 116 Å². The summed E-state index contributed by atoms with van der Waals surface area (Å²) in [4.78, 5) is 0. The van der Waals surface area contributed by atoms with Gasteiger partial charge in [-0.05, 0) is 42.3 Å². The summed E-state index contributed by atoms with van der Waals surface area (Å²) in [6, 6.07) is 11.0. The van der Waals surface area contributed by atoms with Gasteiger partial charge in [0.05, 0.1) is 5.02 Å². The predicted octanol–water partition coefficient (Wildman–Crippen LogP) is 4.55. The Hall–Kier alpha value is -1.22. The van der Waals surface area contributed by atoms with Crippen LogP contribution in [-0.4, -0.2) is 0 Å². The molecule has 2 nitrogen and oxygen atoms in total. The maximum Gasteiger partial charge on any atom is 0.146 e. The molecule has 0 aliphatic rings. The van der Waals surface area contributed by atoms with Crippen LogP contribution in [-0.2, 0) is 6.54 Å². The van der Waals surface area contributed by atoms with Crippen molar-refractivity contribution in [2.24, 2.45) is 5.73 Å². The molecule has 2 N–H and O–H groups in total. The molecular formula is C14H13Cl2NO. The van der Waals surface area contributed by atoms with Gasteiger partial charge in [-0.3, -0.25) is 0 Å². The second-order valence-electron chi connectivity index (χ2n) is 3.98. The van der Waals surface area contributed by atoms with E-state index in [2.05, 4.69) is 0 Å². The molecule has 0 aromatic heterocycles. The predicted molar refractivity (Wildman–Crippen MR) is 75.6 cm³/mol. The second kappa shape index (κ2) is 5.61. The minimum absolute atomic E-state index is 0.491. The molecule has 0 radical (unpaired) electrons. The molecule has 2 aromatic carbocycles. The maximum absolute atomic E-state index is 6.06. The molecule has 0 aliphatic heterocycles. The summed E-state index contributed by atoms with van der Waals surface area (Å²) in [5.41, 5.74) is 7.67. The van der Waals surface area contributed by atoms with Gasteiger partial charge >= 0.3 is 0 Å². The SMILES string of the molecule is Cc1cc(CN)ccc1Oc1ccc(Cl)cc1Cl. The first-order chi connectivity index (χ1) is 8.60. The zero-order valence-electron chi connectivity index (χ0n) is 9.91. The van der Waals surface area contributed by atoms with Crippen LogP contribution in [0.2, 0.25) is 10.0 Å². The first-order valence-corrected chi connectivity index (χ1v) is 6.28. The van der Waals surface area contributed by atoms with Gasteiger partial charge in [-0.1, -0.05) is 35.3 Å². The quantitative estimate of drug-likeness (QED) is 0.896. The first kappa shape index (κ1) is 13.2. The lowest BCUT2D eigenvalue weighted by molar-refractivity contribution is 0.479. The molecule has 0 atom stereocenters. The van der Waals surface area contributed by atoms with Crippen molar-refractivity contribution in [3.63, 3.8) is 0 Å². The van der Waals surface area contributed by atoms with Gasteiger partial charge < -0.3 is 10.5 Å². The molecule has 0 fully saturated rings. The van der Waals surface area contributed by atoms with Gasteiger partial charge in [-0.15, -0.1) is 0 Å². The van der Waals surface area contributed by atoms with Crippen molar-refractivity contribution in [2.75, 3.05) is 0 Å². The number of nitrogens with two attached hydrogens (primary N) is 1. The molecule has 94 valence electrons. The van der Waals surface area contributed by atoms with E-state index in [1.165, 1.54) is 0 Å². The van der Waals surface area contributed by atoms with Crippen LogP contribution >= 0.6 is 23.2 Å². The molecule has 0 saturated carbocycles. The largest absolute Gasteiger partial charge is 0.456 e. The van der Waals surface area contributed by atoms with Crippen molar-refractivity contribution in [3.8, 4) is 11.5 Å². The Morgan fingerprint density at radius 1 is 1.06 bits per heavy atom. The van der Waals surface area contributed by atoms with Crippen LogP contribution in [0, 0.1) is 6.92 Å². The van der Waals surface area contributed by atoms with Crippen LogP contribution < -0.4 is 10.5 Å². The normalized spacial score (nSPS) is 10.4. The number of aryl methyl sites for hydroxylation is 1. The van der Waals surface area contributed by atoms with E-state index in [1.807, 2.05) is 25.1 Å². The molecule has 0 heterocycles. The fourth-order valence-corrected chi connectivity index (χ4v) is 2.08. The zero-order chi connectivity index (χ0) is 13.1. The van der Waals surface area contributed by atoms with Crippen LogP contribution in [0.15, 0.2) is 36.4 Å². The van der Waals surface area contributed by atoms with E-state index in [0.717, 1.165) is 16.9 Å². The van der Waals surface area contributed by atoms with Gasteiger partial charge in [-0.25, -0.2) is 0 Å². The van der Waals surface area contributed by atoms with E-state index in [-0.39, 0.29) is 0 Å². The van der Waals surface area contributed by atoms with Gasteiger partial charge in [-0.2, -0.15) is 0 Å². The molecule has 4 heteroatoms. The molecule has 0 amide bonds. The van der Waals surface area contributed by atoms with Gasteiger partial charge in [0.25, 0.3) is 0 Å². The molecule has 18 heavy (non-hydrogen) atoms. The third-order valence-electron chi connectivity index (χ3n) is 2.59. The Bertz CT molecular complexity index is 570. The number of hydrogen-bond donors (Lipinski definition) is 1. The van der Waals surface area contributed by atoms with Crippen molar-refractivity contribution < 1.29 is 4.74 Å². The molecule has 0 bridgehead atoms. The van der Waals surface area contributed by atoms with Crippen molar-refractivity contribution in [3.05, 3.63) is 57.6 Å². The van der Waals surface area contributed by atoms with Crippen LogP contribution in [0.3, 0.4) is 0 Å². The summed E-state index contributed by atoms with van der Waals surface area (Å²) >= 11 is 11.9. The lowest BCUT2D eigenvalue weighted by Gasteiger charge is -2.11. The highest BCUT2D eigenvalue weighted by Crippen LogP contribution is 2.33. The van der Waals surface area contributed by atoms with E-state index in [0.29, 0.717) is 22.3 Å². The number of halogens is 2. The van der Waals surface area contributed by atoms with Crippen molar-refractivity contribution in [2.45, 2.75) is 13.5 Å². The third kappa shape index (κ3) is 2.96. The third-order valence-corrected chi connectivity index (χ3v) is 3.12. The Morgan fingerprint density at radius 2 is 1.78 bits per heavy atom. The van der Waals surface area contributed by atoms with E-state index < -0.39 is 0 Å². The fourth-order valence-electron chi connectivity index (χ4n) is 1.63. The summed E-state index contributed by atoms with van der Waals surface area (Å²) in [5.74, 6) is 1.35. The van der Waals surface area contributed by atoms with E-state index in [1.54, 1.807) is 18.2 Å². The lowest BCUT2D eigenvalue weighted by atomic mass is 10.1. The average Bonchev–Trinajstić information content (AvgIpc) is 2.34. The van der Waals surface area contributed by atoms with E-state index in [9.17, 15) is 0 Å². The summed E-state index contributed by atoms with van der Waals surface area (Å²) in [6.07, 6.45) is 0. The highest BCUT2D eigenvalue weighted by atomic mass is 35.5. The standard InChI is InChI=1S/C14H13Cl2NO/c1-9-6-10(8-17)2-4-13(9)18-14-5-3-11(15)7-12(14)16/h2-7H,8,17H2,1H3. The van der Waals surface area contributed by atoms with Crippen LogP contribution in [0.4, 0.5) is 0 Å². The van der Waals surface area contributed by atoms with Crippen LogP contribution in [0.25, 0.3) is 0 Å². The first-order valence-electron chi connectivity index (χ1n) is 5.52. The molecular weight excluding hydrogens is 269 g/mol. The van der Waals surface area contributed by atoms with Crippen molar-refractivity contribution >= 4 is 23.2 Å². The highest BCUT2D eigenvalue weighted by molar-refractivity contribution is 6.35.